The van der Waals surface area contributed by atoms with Crippen molar-refractivity contribution >= 4 is 17.4 Å². The minimum atomic E-state index is -2.04. The van der Waals surface area contributed by atoms with Gasteiger partial charge in [0.25, 0.3) is 6.08 Å². The van der Waals surface area contributed by atoms with Gasteiger partial charge in [-0.1, -0.05) is 0 Å². The van der Waals surface area contributed by atoms with Crippen LogP contribution in [0.1, 0.15) is 17.6 Å². The van der Waals surface area contributed by atoms with Crippen LogP contribution in [-0.4, -0.2) is 41.9 Å². The van der Waals surface area contributed by atoms with E-state index in [0.29, 0.717) is 5.82 Å². The van der Waals surface area contributed by atoms with E-state index in [1.165, 1.54) is 15.9 Å². The van der Waals surface area contributed by atoms with E-state index in [9.17, 15) is 18.4 Å². The van der Waals surface area contributed by atoms with Gasteiger partial charge in [-0.3, -0.25) is 9.25 Å². The van der Waals surface area contributed by atoms with Crippen molar-refractivity contribution in [3.63, 3.8) is 0 Å². The van der Waals surface area contributed by atoms with Crippen LogP contribution in [0.15, 0.2) is 41.0 Å². The molecule has 0 aliphatic heterocycles. The molecule has 160 valence electrons. The quantitative estimate of drug-likeness (QED) is 0.562. The van der Waals surface area contributed by atoms with Gasteiger partial charge in [0.15, 0.2) is 0 Å². The standard InChI is InChI=1S/C18H20F2N6O3S/c1-3-24-8-12(7-22-24)15-5-4-14(30-15)10-25-11(2)23-26(18(25)29)9-13(16(19)20)6-21-17(27)28/h4-5,7-8,21H,3,6,9-10H2,1-2H3,(H,27,28). The van der Waals surface area contributed by atoms with E-state index in [0.717, 1.165) is 26.5 Å². The Balaban J connectivity index is 1.78. The van der Waals surface area contributed by atoms with Crippen LogP contribution < -0.4 is 11.0 Å². The Morgan fingerprint density at radius 1 is 1.33 bits per heavy atom. The zero-order chi connectivity index (χ0) is 21.8. The molecule has 0 aliphatic carbocycles. The maximum Gasteiger partial charge on any atom is 0.404 e. The number of nitrogens with zero attached hydrogens (tertiary/aromatic N) is 5. The number of halogens is 2. The lowest BCUT2D eigenvalue weighted by Crippen LogP contribution is -2.30. The number of amides is 1. The molecule has 1 amide bonds. The summed E-state index contributed by atoms with van der Waals surface area (Å²) in [7, 11) is 0. The number of carbonyl (C=O) groups is 1. The molecule has 30 heavy (non-hydrogen) atoms. The van der Waals surface area contributed by atoms with E-state index in [4.69, 9.17) is 5.11 Å². The molecule has 0 spiro atoms. The van der Waals surface area contributed by atoms with Gasteiger partial charge < -0.3 is 10.4 Å². The molecular weight excluding hydrogens is 418 g/mol. The lowest BCUT2D eigenvalue weighted by molar-refractivity contribution is 0.195. The lowest BCUT2D eigenvalue weighted by atomic mass is 10.3. The number of carboxylic acid groups (broad SMARTS) is 1. The number of aromatic nitrogens is 5. The second kappa shape index (κ2) is 9.03. The fourth-order valence-electron chi connectivity index (χ4n) is 2.82. The smallest absolute Gasteiger partial charge is 0.404 e. The molecule has 0 radical (unpaired) electrons. The molecule has 0 aliphatic rings. The molecule has 0 atom stereocenters. The molecule has 0 aromatic carbocycles. The number of hydrogen-bond donors (Lipinski definition) is 2. The fourth-order valence-corrected chi connectivity index (χ4v) is 3.79. The SMILES string of the molecule is CCn1cc(-c2ccc(Cn3c(C)nn(CC(CNC(=O)O)=C(F)F)c3=O)s2)cn1. The van der Waals surface area contributed by atoms with Crippen LogP contribution in [0.4, 0.5) is 13.6 Å². The number of hydrogen-bond acceptors (Lipinski definition) is 5. The first-order valence-corrected chi connectivity index (χ1v) is 9.85. The summed E-state index contributed by atoms with van der Waals surface area (Å²) in [6.45, 7) is 3.54. The minimum Gasteiger partial charge on any atom is -0.465 e. The largest absolute Gasteiger partial charge is 0.465 e. The molecule has 3 aromatic rings. The van der Waals surface area contributed by atoms with Crippen molar-refractivity contribution < 1.29 is 18.7 Å². The van der Waals surface area contributed by atoms with E-state index in [1.54, 1.807) is 13.1 Å². The van der Waals surface area contributed by atoms with Crippen molar-refractivity contribution in [2.24, 2.45) is 0 Å². The van der Waals surface area contributed by atoms with E-state index >= 15 is 0 Å². The average molecular weight is 438 g/mol. The Hall–Kier alpha value is -3.28. The molecule has 3 heterocycles. The lowest BCUT2D eigenvalue weighted by Gasteiger charge is -2.05. The van der Waals surface area contributed by atoms with Crippen molar-refractivity contribution in [3.05, 3.63) is 57.4 Å². The maximum absolute atomic E-state index is 13.1. The van der Waals surface area contributed by atoms with Crippen molar-refractivity contribution in [2.75, 3.05) is 6.54 Å². The van der Waals surface area contributed by atoms with Crippen LogP contribution in [0.25, 0.3) is 10.4 Å². The van der Waals surface area contributed by atoms with Crippen LogP contribution in [0.2, 0.25) is 0 Å². The van der Waals surface area contributed by atoms with E-state index in [1.807, 2.05) is 35.3 Å². The zero-order valence-corrected chi connectivity index (χ0v) is 17.1. The van der Waals surface area contributed by atoms with Gasteiger partial charge in [0.2, 0.25) is 0 Å². The summed E-state index contributed by atoms with van der Waals surface area (Å²) >= 11 is 1.51. The van der Waals surface area contributed by atoms with Crippen molar-refractivity contribution in [1.29, 1.82) is 0 Å². The van der Waals surface area contributed by atoms with Gasteiger partial charge in [-0.25, -0.2) is 14.3 Å². The highest BCUT2D eigenvalue weighted by atomic mass is 32.1. The molecule has 0 fully saturated rings. The molecule has 3 aromatic heterocycles. The summed E-state index contributed by atoms with van der Waals surface area (Å²) < 4.78 is 30.3. The Morgan fingerprint density at radius 2 is 2.10 bits per heavy atom. The van der Waals surface area contributed by atoms with Crippen molar-refractivity contribution in [1.82, 2.24) is 29.4 Å². The van der Waals surface area contributed by atoms with Crippen LogP contribution in [0.5, 0.6) is 0 Å². The summed E-state index contributed by atoms with van der Waals surface area (Å²) in [4.78, 5) is 25.1. The van der Waals surface area contributed by atoms with Gasteiger partial charge in [0, 0.05) is 40.2 Å². The second-order valence-electron chi connectivity index (χ2n) is 6.45. The number of nitrogens with one attached hydrogen (secondary N) is 1. The third kappa shape index (κ3) is 4.82. The van der Waals surface area contributed by atoms with E-state index < -0.39 is 36.5 Å². The molecule has 0 unspecified atom stereocenters. The van der Waals surface area contributed by atoms with Gasteiger partial charge in [0.1, 0.15) is 5.82 Å². The second-order valence-corrected chi connectivity index (χ2v) is 7.62. The third-order valence-corrected chi connectivity index (χ3v) is 5.51. The normalized spacial score (nSPS) is 10.9. The Morgan fingerprint density at radius 3 is 2.73 bits per heavy atom. The zero-order valence-electron chi connectivity index (χ0n) is 16.3. The van der Waals surface area contributed by atoms with Gasteiger partial charge in [0.05, 0.1) is 19.3 Å². The number of aryl methyl sites for hydroxylation is 2. The molecule has 12 heteroatoms. The predicted octanol–water partition coefficient (Wildman–Crippen LogP) is 2.76. The summed E-state index contributed by atoms with van der Waals surface area (Å²) in [5, 5.41) is 18.8. The Bertz CT molecular complexity index is 1140. The highest BCUT2D eigenvalue weighted by molar-refractivity contribution is 7.15. The molecule has 0 saturated heterocycles. The molecule has 0 bridgehead atoms. The first-order chi connectivity index (χ1) is 14.3. The minimum absolute atomic E-state index is 0.252. The molecule has 3 rings (SSSR count). The summed E-state index contributed by atoms with van der Waals surface area (Å²) in [6, 6.07) is 3.84. The summed E-state index contributed by atoms with van der Waals surface area (Å²) in [5.41, 5.74) is -0.0854. The summed E-state index contributed by atoms with van der Waals surface area (Å²) in [5.74, 6) is 0.374. The Kier molecular flexibility index (Phi) is 6.45. The Labute approximate surface area is 173 Å². The molecular formula is C18H20F2N6O3S. The van der Waals surface area contributed by atoms with Gasteiger partial charge in [-0.15, -0.1) is 11.3 Å². The molecule has 9 nitrogen and oxygen atoms in total. The third-order valence-electron chi connectivity index (χ3n) is 4.39. The van der Waals surface area contributed by atoms with Crippen LogP contribution in [-0.2, 0) is 19.6 Å². The number of rotatable bonds is 8. The first kappa shape index (κ1) is 21.4. The molecule has 0 saturated carbocycles. The van der Waals surface area contributed by atoms with Gasteiger partial charge >= 0.3 is 11.8 Å². The van der Waals surface area contributed by atoms with Gasteiger partial charge in [-0.05, 0) is 26.0 Å². The number of thiophene rings is 1. The molecule has 2 N–H and O–H groups in total. The maximum atomic E-state index is 13.1. The average Bonchev–Trinajstić information content (AvgIpc) is 3.40. The van der Waals surface area contributed by atoms with Crippen molar-refractivity contribution in [3.8, 4) is 10.4 Å². The van der Waals surface area contributed by atoms with Crippen LogP contribution in [0.3, 0.4) is 0 Å². The predicted molar refractivity (Wildman–Crippen MR) is 107 cm³/mol. The van der Waals surface area contributed by atoms with E-state index in [-0.39, 0.29) is 6.54 Å². The first-order valence-electron chi connectivity index (χ1n) is 9.04. The fraction of sp³-hybridized carbons (Fsp3) is 0.333. The monoisotopic (exact) mass is 438 g/mol. The van der Waals surface area contributed by atoms with Crippen molar-refractivity contribution in [2.45, 2.75) is 33.5 Å². The topological polar surface area (TPSA) is 107 Å². The van der Waals surface area contributed by atoms with Crippen LogP contribution >= 0.6 is 11.3 Å². The summed E-state index contributed by atoms with van der Waals surface area (Å²) in [6.07, 6.45) is 0.244. The highest BCUT2D eigenvalue weighted by Crippen LogP contribution is 2.28. The highest BCUT2D eigenvalue weighted by Gasteiger charge is 2.16. The van der Waals surface area contributed by atoms with E-state index in [2.05, 4.69) is 10.2 Å². The van der Waals surface area contributed by atoms with Crippen LogP contribution in [0, 0.1) is 6.92 Å². The van der Waals surface area contributed by atoms with Gasteiger partial charge in [-0.2, -0.15) is 19.0 Å².